The van der Waals surface area contributed by atoms with Gasteiger partial charge in [-0.25, -0.2) is 10.2 Å². The number of benzene rings is 2. The molecule has 31 heavy (non-hydrogen) atoms. The number of esters is 1. The van der Waals surface area contributed by atoms with Crippen LogP contribution in [-0.4, -0.2) is 35.1 Å². The Morgan fingerprint density at radius 3 is 2.55 bits per heavy atom. The number of carbonyl (C=O) groups excluding carboxylic acids is 2. The van der Waals surface area contributed by atoms with E-state index in [1.165, 1.54) is 50.0 Å². The number of methoxy groups -OCH3 is 1. The topological polar surface area (TPSA) is 133 Å². The minimum absolute atomic E-state index is 0.0284. The number of aromatic nitrogens is 1. The van der Waals surface area contributed by atoms with Gasteiger partial charge in [-0.1, -0.05) is 6.07 Å². The molecule has 1 amide bonds. The SMILES string of the molecule is COc1cc(/C=N/NC(=O)c2ccncc2)ccc1OC(=O)c1cccc([N+](=O)[O-])c1. The monoisotopic (exact) mass is 420 g/mol. The van der Waals surface area contributed by atoms with Gasteiger partial charge in [0, 0.05) is 30.1 Å². The lowest BCUT2D eigenvalue weighted by atomic mass is 10.2. The fourth-order valence-electron chi connectivity index (χ4n) is 2.49. The molecule has 0 aliphatic rings. The van der Waals surface area contributed by atoms with Gasteiger partial charge in [0.25, 0.3) is 11.6 Å². The maximum absolute atomic E-state index is 12.3. The number of non-ortho nitro benzene ring substituents is 1. The van der Waals surface area contributed by atoms with Gasteiger partial charge in [-0.2, -0.15) is 5.10 Å². The number of nitro benzene ring substituents is 1. The fourth-order valence-corrected chi connectivity index (χ4v) is 2.49. The van der Waals surface area contributed by atoms with Crippen LogP contribution in [0.4, 0.5) is 5.69 Å². The molecule has 10 heteroatoms. The Bertz CT molecular complexity index is 1150. The molecule has 3 aromatic rings. The van der Waals surface area contributed by atoms with Crippen molar-refractivity contribution < 1.29 is 24.0 Å². The summed E-state index contributed by atoms with van der Waals surface area (Å²) < 4.78 is 10.5. The Labute approximate surface area is 176 Å². The van der Waals surface area contributed by atoms with Gasteiger partial charge in [0.15, 0.2) is 11.5 Å². The molecule has 0 atom stereocenters. The number of carbonyl (C=O) groups is 2. The maximum Gasteiger partial charge on any atom is 0.343 e. The van der Waals surface area contributed by atoms with Crippen LogP contribution >= 0.6 is 0 Å². The minimum atomic E-state index is -0.770. The normalized spacial score (nSPS) is 10.5. The van der Waals surface area contributed by atoms with Gasteiger partial charge >= 0.3 is 5.97 Å². The predicted molar refractivity (Wildman–Crippen MR) is 110 cm³/mol. The third-order valence-corrected chi connectivity index (χ3v) is 4.01. The van der Waals surface area contributed by atoms with Crippen LogP contribution < -0.4 is 14.9 Å². The fraction of sp³-hybridized carbons (Fsp3) is 0.0476. The van der Waals surface area contributed by atoms with Crippen LogP contribution in [0.15, 0.2) is 72.1 Å². The zero-order valence-electron chi connectivity index (χ0n) is 16.2. The van der Waals surface area contributed by atoms with Crippen molar-refractivity contribution in [2.24, 2.45) is 5.10 Å². The first kappa shape index (κ1) is 21.1. The predicted octanol–water partition coefficient (Wildman–Crippen LogP) is 2.98. The number of rotatable bonds is 7. The van der Waals surface area contributed by atoms with Gasteiger partial charge < -0.3 is 9.47 Å². The number of pyridine rings is 1. The van der Waals surface area contributed by atoms with Crippen LogP contribution in [0.25, 0.3) is 0 Å². The second kappa shape index (κ2) is 9.74. The van der Waals surface area contributed by atoms with Crippen LogP contribution in [0.3, 0.4) is 0 Å². The molecule has 0 aliphatic heterocycles. The molecule has 0 unspecified atom stereocenters. The molecule has 3 rings (SSSR count). The van der Waals surface area contributed by atoms with E-state index in [0.717, 1.165) is 6.07 Å². The van der Waals surface area contributed by atoms with Crippen molar-refractivity contribution in [2.45, 2.75) is 0 Å². The average molecular weight is 420 g/mol. The summed E-state index contributed by atoms with van der Waals surface area (Å²) in [5.41, 5.74) is 3.18. The van der Waals surface area contributed by atoms with E-state index in [1.54, 1.807) is 24.3 Å². The molecule has 0 radical (unpaired) electrons. The average Bonchev–Trinajstić information content (AvgIpc) is 2.80. The standard InChI is InChI=1S/C21H16N4O6/c1-30-19-11-14(13-23-24-20(26)15-7-9-22-10-8-15)5-6-18(19)31-21(27)16-3-2-4-17(12-16)25(28)29/h2-13H,1H3,(H,24,26)/b23-13+. The van der Waals surface area contributed by atoms with Crippen LogP contribution in [0.2, 0.25) is 0 Å². The molecule has 0 bridgehead atoms. The Morgan fingerprint density at radius 1 is 1.06 bits per heavy atom. The first-order valence-electron chi connectivity index (χ1n) is 8.86. The summed E-state index contributed by atoms with van der Waals surface area (Å²) in [6.07, 6.45) is 4.39. The van der Waals surface area contributed by atoms with Crippen LogP contribution in [-0.2, 0) is 0 Å². The van der Waals surface area contributed by atoms with Crippen molar-refractivity contribution in [1.29, 1.82) is 0 Å². The van der Waals surface area contributed by atoms with E-state index in [4.69, 9.17) is 9.47 Å². The molecule has 0 fully saturated rings. The lowest BCUT2D eigenvalue weighted by Crippen LogP contribution is -2.17. The van der Waals surface area contributed by atoms with Crippen LogP contribution in [0.5, 0.6) is 11.5 Å². The van der Waals surface area contributed by atoms with Gasteiger partial charge in [0.1, 0.15) is 0 Å². The van der Waals surface area contributed by atoms with Gasteiger partial charge in [0.2, 0.25) is 0 Å². The van der Waals surface area contributed by atoms with E-state index in [1.807, 2.05) is 0 Å². The second-order valence-electron chi connectivity index (χ2n) is 6.04. The highest BCUT2D eigenvalue weighted by atomic mass is 16.6. The van der Waals surface area contributed by atoms with E-state index in [2.05, 4.69) is 15.5 Å². The first-order valence-corrected chi connectivity index (χ1v) is 8.86. The van der Waals surface area contributed by atoms with E-state index >= 15 is 0 Å². The van der Waals surface area contributed by atoms with Gasteiger partial charge in [-0.05, 0) is 42.0 Å². The van der Waals surface area contributed by atoms with Crippen LogP contribution in [0.1, 0.15) is 26.3 Å². The summed E-state index contributed by atoms with van der Waals surface area (Å²) in [6.45, 7) is 0. The largest absolute Gasteiger partial charge is 0.493 e. The zero-order chi connectivity index (χ0) is 22.2. The zero-order valence-corrected chi connectivity index (χ0v) is 16.2. The third kappa shape index (κ3) is 5.48. The Balaban J connectivity index is 1.69. The molecule has 0 saturated carbocycles. The molecule has 2 aromatic carbocycles. The van der Waals surface area contributed by atoms with Crippen LogP contribution in [0, 0.1) is 10.1 Å². The highest BCUT2D eigenvalue weighted by Gasteiger charge is 2.16. The lowest BCUT2D eigenvalue weighted by Gasteiger charge is -2.10. The second-order valence-corrected chi connectivity index (χ2v) is 6.04. The number of ether oxygens (including phenoxy) is 2. The molecule has 156 valence electrons. The summed E-state index contributed by atoms with van der Waals surface area (Å²) in [5.74, 6) is -0.804. The van der Waals surface area contributed by atoms with Crippen molar-refractivity contribution >= 4 is 23.8 Å². The quantitative estimate of drug-likeness (QED) is 0.204. The molecule has 1 aromatic heterocycles. The number of nitro groups is 1. The molecule has 0 spiro atoms. The molecular formula is C21H16N4O6. The summed E-state index contributed by atoms with van der Waals surface area (Å²) in [6, 6.07) is 13.0. The number of hydrazone groups is 1. The first-order chi connectivity index (χ1) is 15.0. The van der Waals surface area contributed by atoms with Gasteiger partial charge in [-0.15, -0.1) is 0 Å². The summed E-state index contributed by atoms with van der Waals surface area (Å²) in [7, 11) is 1.40. The third-order valence-electron chi connectivity index (χ3n) is 4.01. The summed E-state index contributed by atoms with van der Waals surface area (Å²) in [4.78, 5) is 38.4. The number of nitrogens with zero attached hydrogens (tertiary/aromatic N) is 3. The van der Waals surface area contributed by atoms with Gasteiger partial charge in [-0.3, -0.25) is 19.9 Å². The molecule has 1 N–H and O–H groups in total. The highest BCUT2D eigenvalue weighted by molar-refractivity contribution is 5.95. The lowest BCUT2D eigenvalue weighted by molar-refractivity contribution is -0.384. The Hall–Kier alpha value is -4.60. The molecule has 0 aliphatic carbocycles. The van der Waals surface area contributed by atoms with Crippen molar-refractivity contribution in [3.63, 3.8) is 0 Å². The van der Waals surface area contributed by atoms with Gasteiger partial charge in [0.05, 0.1) is 23.8 Å². The molecule has 1 heterocycles. The molecule has 10 nitrogen and oxygen atoms in total. The number of hydrogen-bond acceptors (Lipinski definition) is 8. The summed E-state index contributed by atoms with van der Waals surface area (Å²) >= 11 is 0. The highest BCUT2D eigenvalue weighted by Crippen LogP contribution is 2.28. The van der Waals surface area contributed by atoms with E-state index in [9.17, 15) is 19.7 Å². The smallest absolute Gasteiger partial charge is 0.343 e. The van der Waals surface area contributed by atoms with Crippen molar-refractivity contribution in [3.8, 4) is 11.5 Å². The maximum atomic E-state index is 12.3. The van der Waals surface area contributed by atoms with Crippen molar-refractivity contribution in [3.05, 3.63) is 93.8 Å². The molecule has 0 saturated heterocycles. The Morgan fingerprint density at radius 2 is 1.84 bits per heavy atom. The minimum Gasteiger partial charge on any atom is -0.493 e. The van der Waals surface area contributed by atoms with E-state index < -0.39 is 16.8 Å². The van der Waals surface area contributed by atoms with E-state index in [-0.39, 0.29) is 22.7 Å². The number of hydrogen-bond donors (Lipinski definition) is 1. The molecular weight excluding hydrogens is 404 g/mol. The summed E-state index contributed by atoms with van der Waals surface area (Å²) in [5, 5.41) is 14.8. The van der Waals surface area contributed by atoms with E-state index in [0.29, 0.717) is 11.1 Å². The van der Waals surface area contributed by atoms with Crippen molar-refractivity contribution in [1.82, 2.24) is 10.4 Å². The van der Waals surface area contributed by atoms with Crippen molar-refractivity contribution in [2.75, 3.05) is 7.11 Å². The number of amides is 1. The Kier molecular flexibility index (Phi) is 6.64. The number of nitrogens with one attached hydrogen (secondary N) is 1.